The molecule has 2 aromatic rings. The highest BCUT2D eigenvalue weighted by atomic mass is 35.5. The second-order valence-electron chi connectivity index (χ2n) is 3.81. The molecule has 0 radical (unpaired) electrons. The SMILES string of the molecule is CCc1ccc(C(=O)c2cc(N)c(Cl)c(Cl)c2)o1. The van der Waals surface area contributed by atoms with Crippen molar-refractivity contribution in [2.45, 2.75) is 13.3 Å². The van der Waals surface area contributed by atoms with Crippen molar-refractivity contribution in [3.63, 3.8) is 0 Å². The smallest absolute Gasteiger partial charge is 0.228 e. The lowest BCUT2D eigenvalue weighted by atomic mass is 10.1. The summed E-state index contributed by atoms with van der Waals surface area (Å²) in [5.74, 6) is 0.760. The molecule has 1 heterocycles. The Bertz CT molecular complexity index is 582. The highest BCUT2D eigenvalue weighted by molar-refractivity contribution is 6.44. The van der Waals surface area contributed by atoms with Crippen LogP contribution in [0.4, 0.5) is 5.69 Å². The second kappa shape index (κ2) is 5.04. The van der Waals surface area contributed by atoms with E-state index >= 15 is 0 Å². The molecule has 0 fully saturated rings. The standard InChI is InChI=1S/C13H11Cl2NO2/c1-2-8-3-4-11(18-8)13(17)7-5-9(14)12(15)10(16)6-7/h3-6H,2,16H2,1H3. The molecule has 0 aliphatic carbocycles. The predicted octanol–water partition coefficient (Wildman–Crippen LogP) is 3.96. The Morgan fingerprint density at radius 3 is 2.61 bits per heavy atom. The number of rotatable bonds is 3. The van der Waals surface area contributed by atoms with Crippen LogP contribution < -0.4 is 5.73 Å². The van der Waals surface area contributed by atoms with E-state index in [1.807, 2.05) is 6.92 Å². The van der Waals surface area contributed by atoms with Crippen LogP contribution in [-0.4, -0.2) is 5.78 Å². The summed E-state index contributed by atoms with van der Waals surface area (Å²) in [5.41, 5.74) is 6.30. The van der Waals surface area contributed by atoms with Crippen molar-refractivity contribution in [1.29, 1.82) is 0 Å². The summed E-state index contributed by atoms with van der Waals surface area (Å²) in [6.45, 7) is 1.95. The Kier molecular flexibility index (Phi) is 3.64. The largest absolute Gasteiger partial charge is 0.458 e. The van der Waals surface area contributed by atoms with Gasteiger partial charge in [-0.05, 0) is 24.3 Å². The number of benzene rings is 1. The van der Waals surface area contributed by atoms with Gasteiger partial charge in [0.2, 0.25) is 5.78 Å². The molecular formula is C13H11Cl2NO2. The first-order valence-corrected chi connectivity index (χ1v) is 6.16. The number of nitrogen functional groups attached to an aromatic ring is 1. The van der Waals surface area contributed by atoms with Crippen LogP contribution >= 0.6 is 23.2 Å². The summed E-state index contributed by atoms with van der Waals surface area (Å²) in [6, 6.07) is 6.38. The average Bonchev–Trinajstić information content (AvgIpc) is 2.83. The van der Waals surface area contributed by atoms with Gasteiger partial charge in [-0.15, -0.1) is 0 Å². The Balaban J connectivity index is 2.40. The van der Waals surface area contributed by atoms with Gasteiger partial charge >= 0.3 is 0 Å². The Morgan fingerprint density at radius 2 is 2.06 bits per heavy atom. The van der Waals surface area contributed by atoms with E-state index in [0.29, 0.717) is 5.56 Å². The lowest BCUT2D eigenvalue weighted by molar-refractivity contribution is 0.101. The first-order chi connectivity index (χ1) is 8.52. The zero-order valence-electron chi connectivity index (χ0n) is 9.67. The third-order valence-electron chi connectivity index (χ3n) is 2.55. The molecule has 1 aromatic heterocycles. The van der Waals surface area contributed by atoms with Crippen LogP contribution in [0.2, 0.25) is 10.0 Å². The van der Waals surface area contributed by atoms with Crippen molar-refractivity contribution in [2.24, 2.45) is 0 Å². The van der Waals surface area contributed by atoms with Crippen LogP contribution in [0, 0.1) is 0 Å². The van der Waals surface area contributed by atoms with Crippen LogP contribution in [0.15, 0.2) is 28.7 Å². The topological polar surface area (TPSA) is 56.2 Å². The summed E-state index contributed by atoms with van der Waals surface area (Å²) in [6.07, 6.45) is 0.733. The fraction of sp³-hybridized carbons (Fsp3) is 0.154. The van der Waals surface area contributed by atoms with Gasteiger partial charge in [-0.25, -0.2) is 0 Å². The maximum atomic E-state index is 12.1. The highest BCUT2D eigenvalue weighted by Crippen LogP contribution is 2.30. The molecule has 2 N–H and O–H groups in total. The van der Waals surface area contributed by atoms with E-state index in [9.17, 15) is 4.79 Å². The molecule has 1 aromatic carbocycles. The summed E-state index contributed by atoms with van der Waals surface area (Å²) in [4.78, 5) is 12.1. The van der Waals surface area contributed by atoms with Gasteiger partial charge in [0.25, 0.3) is 0 Å². The number of hydrogen-bond acceptors (Lipinski definition) is 3. The molecule has 0 saturated heterocycles. The number of hydrogen-bond donors (Lipinski definition) is 1. The van der Waals surface area contributed by atoms with Crippen LogP contribution in [0.5, 0.6) is 0 Å². The molecular weight excluding hydrogens is 273 g/mol. The number of aryl methyl sites for hydroxylation is 1. The van der Waals surface area contributed by atoms with Gasteiger partial charge < -0.3 is 10.2 Å². The van der Waals surface area contributed by atoms with Gasteiger partial charge in [-0.1, -0.05) is 30.1 Å². The minimum atomic E-state index is -0.264. The summed E-state index contributed by atoms with van der Waals surface area (Å²) in [7, 11) is 0. The second-order valence-corrected chi connectivity index (χ2v) is 4.60. The van der Waals surface area contributed by atoms with Gasteiger partial charge in [0.15, 0.2) is 5.76 Å². The highest BCUT2D eigenvalue weighted by Gasteiger charge is 2.16. The van der Waals surface area contributed by atoms with E-state index in [1.54, 1.807) is 12.1 Å². The zero-order valence-corrected chi connectivity index (χ0v) is 11.2. The van der Waals surface area contributed by atoms with Crippen molar-refractivity contribution in [1.82, 2.24) is 0 Å². The van der Waals surface area contributed by atoms with E-state index in [-0.39, 0.29) is 27.3 Å². The molecule has 18 heavy (non-hydrogen) atoms. The number of halogens is 2. The fourth-order valence-corrected chi connectivity index (χ4v) is 1.91. The zero-order chi connectivity index (χ0) is 13.3. The van der Waals surface area contributed by atoms with Crippen molar-refractivity contribution < 1.29 is 9.21 Å². The Morgan fingerprint density at radius 1 is 1.33 bits per heavy atom. The number of carbonyl (C=O) groups is 1. The van der Waals surface area contributed by atoms with Crippen LogP contribution in [0.25, 0.3) is 0 Å². The monoisotopic (exact) mass is 283 g/mol. The number of carbonyl (C=O) groups excluding carboxylic acids is 1. The van der Waals surface area contributed by atoms with E-state index < -0.39 is 0 Å². The molecule has 5 heteroatoms. The maximum absolute atomic E-state index is 12.1. The molecule has 2 rings (SSSR count). The van der Waals surface area contributed by atoms with Gasteiger partial charge in [0.05, 0.1) is 15.7 Å². The lowest BCUT2D eigenvalue weighted by Gasteiger charge is -2.04. The molecule has 0 saturated carbocycles. The van der Waals surface area contributed by atoms with Crippen molar-refractivity contribution >= 4 is 34.7 Å². The lowest BCUT2D eigenvalue weighted by Crippen LogP contribution is -2.01. The van der Waals surface area contributed by atoms with Crippen molar-refractivity contribution in [2.75, 3.05) is 5.73 Å². The Labute approximate surface area is 114 Å². The molecule has 0 atom stereocenters. The first-order valence-electron chi connectivity index (χ1n) is 5.41. The van der Waals surface area contributed by atoms with E-state index in [2.05, 4.69) is 0 Å². The van der Waals surface area contributed by atoms with Gasteiger partial charge in [0.1, 0.15) is 5.76 Å². The summed E-state index contributed by atoms with van der Waals surface area (Å²) in [5, 5.41) is 0.504. The van der Waals surface area contributed by atoms with Crippen molar-refractivity contribution in [3.05, 3.63) is 51.4 Å². The predicted molar refractivity (Wildman–Crippen MR) is 72.4 cm³/mol. The molecule has 0 spiro atoms. The molecule has 0 amide bonds. The number of anilines is 1. The average molecular weight is 284 g/mol. The number of nitrogens with two attached hydrogens (primary N) is 1. The third-order valence-corrected chi connectivity index (χ3v) is 3.37. The normalized spacial score (nSPS) is 10.6. The quantitative estimate of drug-likeness (QED) is 0.685. The van der Waals surface area contributed by atoms with Gasteiger partial charge in [-0.2, -0.15) is 0 Å². The maximum Gasteiger partial charge on any atom is 0.228 e. The van der Waals surface area contributed by atoms with Crippen molar-refractivity contribution in [3.8, 4) is 0 Å². The number of furan rings is 1. The molecule has 0 bridgehead atoms. The van der Waals surface area contributed by atoms with Crippen LogP contribution in [-0.2, 0) is 6.42 Å². The first kappa shape index (κ1) is 13.0. The Hall–Kier alpha value is -1.45. The van der Waals surface area contributed by atoms with Gasteiger partial charge in [0, 0.05) is 12.0 Å². The number of ketones is 1. The van der Waals surface area contributed by atoms with Crippen LogP contribution in [0.1, 0.15) is 28.8 Å². The summed E-state index contributed by atoms with van der Waals surface area (Å²) < 4.78 is 5.39. The van der Waals surface area contributed by atoms with Crippen LogP contribution in [0.3, 0.4) is 0 Å². The third kappa shape index (κ3) is 2.37. The van der Waals surface area contributed by atoms with E-state index in [1.165, 1.54) is 12.1 Å². The van der Waals surface area contributed by atoms with E-state index in [4.69, 9.17) is 33.4 Å². The molecule has 94 valence electrons. The molecule has 3 nitrogen and oxygen atoms in total. The van der Waals surface area contributed by atoms with Gasteiger partial charge in [-0.3, -0.25) is 4.79 Å². The minimum absolute atomic E-state index is 0.252. The minimum Gasteiger partial charge on any atom is -0.458 e. The molecule has 0 aliphatic rings. The van der Waals surface area contributed by atoms with E-state index in [0.717, 1.165) is 12.2 Å². The molecule has 0 aliphatic heterocycles. The molecule has 0 unspecified atom stereocenters. The fourth-order valence-electron chi connectivity index (χ4n) is 1.57. The summed E-state index contributed by atoms with van der Waals surface area (Å²) >= 11 is 11.7.